The van der Waals surface area contributed by atoms with Crippen molar-refractivity contribution in [2.24, 2.45) is 56.7 Å². The zero-order valence-electron chi connectivity index (χ0n) is 22.0. The summed E-state index contributed by atoms with van der Waals surface area (Å²) in [6, 6.07) is 0. The van der Waals surface area contributed by atoms with E-state index < -0.39 is 5.60 Å². The lowest BCUT2D eigenvalue weighted by Gasteiger charge is -2.72. The molecule has 2 bridgehead atoms. The lowest BCUT2D eigenvalue weighted by atomic mass is 9.32. The van der Waals surface area contributed by atoms with Gasteiger partial charge in [0.05, 0.1) is 11.5 Å². The van der Waals surface area contributed by atoms with Crippen molar-refractivity contribution in [3.05, 3.63) is 12.2 Å². The smallest absolute Gasteiger partial charge is 0.313 e. The van der Waals surface area contributed by atoms with E-state index in [9.17, 15) is 9.90 Å². The molecule has 33 heavy (non-hydrogen) atoms. The van der Waals surface area contributed by atoms with Crippen molar-refractivity contribution in [2.75, 3.05) is 0 Å². The molecule has 5 fully saturated rings. The molecule has 2 unspecified atom stereocenters. The van der Waals surface area contributed by atoms with Crippen molar-refractivity contribution in [1.29, 1.82) is 0 Å². The molecule has 3 heteroatoms. The number of aliphatic hydroxyl groups is 1. The van der Waals surface area contributed by atoms with Gasteiger partial charge in [-0.1, -0.05) is 54.5 Å². The van der Waals surface area contributed by atoms with E-state index in [0.29, 0.717) is 29.6 Å². The number of esters is 1. The van der Waals surface area contributed by atoms with Gasteiger partial charge in [-0.2, -0.15) is 0 Å². The molecule has 1 aliphatic heterocycles. The summed E-state index contributed by atoms with van der Waals surface area (Å²) in [7, 11) is 0. The number of hydrogen-bond acceptors (Lipinski definition) is 3. The van der Waals surface area contributed by atoms with E-state index in [0.717, 1.165) is 44.9 Å². The molecule has 4 saturated carbocycles. The highest BCUT2D eigenvalue weighted by Crippen LogP contribution is 2.79. The van der Waals surface area contributed by atoms with Gasteiger partial charge in [0, 0.05) is 11.3 Å². The molecule has 6 aliphatic rings. The minimum Gasteiger partial charge on any atom is -0.453 e. The average Bonchev–Trinajstić information content (AvgIpc) is 2.95. The Bertz CT molecular complexity index is 922. The Morgan fingerprint density at radius 2 is 1.67 bits per heavy atom. The van der Waals surface area contributed by atoms with Gasteiger partial charge in [-0.3, -0.25) is 4.79 Å². The van der Waals surface area contributed by atoms with E-state index in [1.54, 1.807) is 0 Å². The van der Waals surface area contributed by atoms with Gasteiger partial charge in [-0.15, -0.1) is 0 Å². The zero-order chi connectivity index (χ0) is 23.8. The highest BCUT2D eigenvalue weighted by Gasteiger charge is 2.80. The second-order valence-corrected chi connectivity index (χ2v) is 14.8. The standard InChI is InChI=1S/C30H46O3/c1-18-8-14-29-17-16-28(7)27(6)13-9-20-25(3,4)22(31)11-12-26(20,5)21(27)10-15-30(28,33-24(29)32)23(29)19(18)2/h10,15,18-23,31H,8-9,11-14,16-17H2,1-7H3/t18-,19+,20+,21?,22+,23-,26+,27-,28+,29?,30+/m1/s1. The maximum absolute atomic E-state index is 13.6. The van der Waals surface area contributed by atoms with Crippen LogP contribution < -0.4 is 0 Å². The Labute approximate surface area is 201 Å². The molecule has 0 amide bonds. The summed E-state index contributed by atoms with van der Waals surface area (Å²) in [5.74, 6) is 2.56. The van der Waals surface area contributed by atoms with Gasteiger partial charge in [-0.25, -0.2) is 0 Å². The van der Waals surface area contributed by atoms with Gasteiger partial charge in [0.25, 0.3) is 0 Å². The number of allylic oxidation sites excluding steroid dienone is 1. The molecule has 0 aromatic carbocycles. The minimum atomic E-state index is -0.450. The number of fused-ring (bicyclic) bond motifs is 4. The van der Waals surface area contributed by atoms with E-state index in [2.05, 4.69) is 60.6 Å². The predicted molar refractivity (Wildman–Crippen MR) is 130 cm³/mol. The quantitative estimate of drug-likeness (QED) is 0.334. The average molecular weight is 455 g/mol. The normalized spacial score (nSPS) is 60.8. The summed E-state index contributed by atoms with van der Waals surface area (Å²) in [5, 5.41) is 10.9. The maximum atomic E-state index is 13.6. The molecule has 0 aromatic heterocycles. The lowest BCUT2D eigenvalue weighted by molar-refractivity contribution is -0.245. The van der Waals surface area contributed by atoms with Crippen LogP contribution in [0.2, 0.25) is 0 Å². The van der Waals surface area contributed by atoms with Crippen molar-refractivity contribution < 1.29 is 14.6 Å². The molecule has 0 radical (unpaired) electrons. The van der Waals surface area contributed by atoms with Crippen LogP contribution in [-0.4, -0.2) is 22.8 Å². The van der Waals surface area contributed by atoms with Crippen LogP contribution in [0.5, 0.6) is 0 Å². The number of carbonyl (C=O) groups excluding carboxylic acids is 1. The zero-order valence-corrected chi connectivity index (χ0v) is 22.0. The first-order chi connectivity index (χ1) is 15.3. The number of aliphatic hydroxyl groups excluding tert-OH is 1. The lowest BCUT2D eigenvalue weighted by Crippen LogP contribution is -2.71. The highest BCUT2D eigenvalue weighted by molar-refractivity contribution is 5.82. The third-order valence-electron chi connectivity index (χ3n) is 13.8. The summed E-state index contributed by atoms with van der Waals surface area (Å²) < 4.78 is 6.71. The summed E-state index contributed by atoms with van der Waals surface area (Å²) in [6.45, 7) is 17.0. The van der Waals surface area contributed by atoms with E-state index in [-0.39, 0.29) is 39.1 Å². The van der Waals surface area contributed by atoms with Crippen LogP contribution in [-0.2, 0) is 9.53 Å². The van der Waals surface area contributed by atoms with Crippen LogP contribution in [0, 0.1) is 56.7 Å². The fourth-order valence-corrected chi connectivity index (χ4v) is 11.4. The van der Waals surface area contributed by atoms with Crippen molar-refractivity contribution in [1.82, 2.24) is 0 Å². The van der Waals surface area contributed by atoms with E-state index in [4.69, 9.17) is 4.74 Å². The molecule has 5 aliphatic carbocycles. The monoisotopic (exact) mass is 454 g/mol. The second-order valence-electron chi connectivity index (χ2n) is 14.8. The fourth-order valence-electron chi connectivity index (χ4n) is 11.4. The van der Waals surface area contributed by atoms with Gasteiger partial charge in [0.15, 0.2) is 0 Å². The van der Waals surface area contributed by atoms with Crippen LogP contribution in [0.15, 0.2) is 12.2 Å². The molecular weight excluding hydrogens is 408 g/mol. The van der Waals surface area contributed by atoms with Crippen molar-refractivity contribution in [3.63, 3.8) is 0 Å². The number of ether oxygens (including phenoxy) is 1. The SMILES string of the molecule is C[C@H]1[C@H](C)CCC23CC[C@]4(C)[C@@](C=CC5[C@@]6(C)CC[C@H](O)C(C)(C)[C@@H]6CC[C@]54C)(OC2=O)[C@H]13. The van der Waals surface area contributed by atoms with E-state index in [1.807, 2.05) is 0 Å². The van der Waals surface area contributed by atoms with E-state index >= 15 is 0 Å². The number of rotatable bonds is 0. The second kappa shape index (κ2) is 6.29. The molecule has 3 nitrogen and oxygen atoms in total. The third kappa shape index (κ3) is 2.23. The van der Waals surface area contributed by atoms with Gasteiger partial charge in [0.1, 0.15) is 5.60 Å². The fraction of sp³-hybridized carbons (Fsp3) is 0.900. The molecule has 1 spiro atoms. The molecule has 1 N–H and O–H groups in total. The molecule has 0 aromatic rings. The third-order valence-corrected chi connectivity index (χ3v) is 13.8. The van der Waals surface area contributed by atoms with Gasteiger partial charge >= 0.3 is 5.97 Å². The van der Waals surface area contributed by atoms with Crippen molar-refractivity contribution in [2.45, 2.75) is 112 Å². The molecular formula is C30H46O3. The topological polar surface area (TPSA) is 46.5 Å². The molecule has 6 rings (SSSR count). The summed E-state index contributed by atoms with van der Waals surface area (Å²) >= 11 is 0. The Kier molecular flexibility index (Phi) is 4.31. The van der Waals surface area contributed by atoms with E-state index in [1.165, 1.54) is 6.42 Å². The largest absolute Gasteiger partial charge is 0.453 e. The van der Waals surface area contributed by atoms with Gasteiger partial charge in [-0.05, 0) is 97.4 Å². The van der Waals surface area contributed by atoms with Crippen LogP contribution in [0.4, 0.5) is 0 Å². The van der Waals surface area contributed by atoms with Gasteiger partial charge < -0.3 is 9.84 Å². The molecule has 1 saturated heterocycles. The van der Waals surface area contributed by atoms with Crippen LogP contribution in [0.25, 0.3) is 0 Å². The summed E-state index contributed by atoms with van der Waals surface area (Å²) in [6.07, 6.45) is 13.4. The highest BCUT2D eigenvalue weighted by atomic mass is 16.6. The number of carbonyl (C=O) groups is 1. The Morgan fingerprint density at radius 1 is 0.939 bits per heavy atom. The molecule has 11 atom stereocenters. The van der Waals surface area contributed by atoms with Crippen LogP contribution in [0.1, 0.15) is 99.8 Å². The van der Waals surface area contributed by atoms with Gasteiger partial charge in [0.2, 0.25) is 0 Å². The minimum absolute atomic E-state index is 0.0424. The first-order valence-electron chi connectivity index (χ1n) is 13.9. The van der Waals surface area contributed by atoms with Crippen LogP contribution in [0.3, 0.4) is 0 Å². The Balaban J connectivity index is 1.52. The summed E-state index contributed by atoms with van der Waals surface area (Å²) in [5.41, 5.74) is -0.514. The van der Waals surface area contributed by atoms with Crippen LogP contribution >= 0.6 is 0 Å². The first kappa shape index (κ1) is 22.6. The first-order valence-corrected chi connectivity index (χ1v) is 13.9. The molecule has 184 valence electrons. The predicted octanol–water partition coefficient (Wildman–Crippen LogP) is 6.54. The number of hydrogen-bond donors (Lipinski definition) is 1. The van der Waals surface area contributed by atoms with Crippen molar-refractivity contribution in [3.8, 4) is 0 Å². The molecule has 1 heterocycles. The Morgan fingerprint density at radius 3 is 2.39 bits per heavy atom. The Hall–Kier alpha value is -0.830. The maximum Gasteiger partial charge on any atom is 0.313 e. The summed E-state index contributed by atoms with van der Waals surface area (Å²) in [4.78, 5) is 13.6. The van der Waals surface area contributed by atoms with Crippen molar-refractivity contribution >= 4 is 5.97 Å².